The SMILES string of the molecule is O=C(Cc1cccc(C(F)(F)F)c1)N(Cc1ccco1)[C@H]1CCS(=O)(=O)C1. The second-order valence-corrected chi connectivity index (χ2v) is 8.76. The van der Waals surface area contributed by atoms with Gasteiger partial charge >= 0.3 is 6.18 Å². The number of benzene rings is 1. The molecule has 0 radical (unpaired) electrons. The van der Waals surface area contributed by atoms with Gasteiger partial charge in [-0.2, -0.15) is 13.2 Å². The van der Waals surface area contributed by atoms with Crippen LogP contribution in [0.15, 0.2) is 47.1 Å². The third-order valence-electron chi connectivity index (χ3n) is 4.49. The van der Waals surface area contributed by atoms with Crippen LogP contribution in [0.1, 0.15) is 23.3 Å². The Morgan fingerprint density at radius 2 is 2.00 bits per heavy atom. The van der Waals surface area contributed by atoms with Gasteiger partial charge in [0, 0.05) is 6.04 Å². The molecule has 1 amide bonds. The lowest BCUT2D eigenvalue weighted by Crippen LogP contribution is -2.41. The van der Waals surface area contributed by atoms with Crippen LogP contribution >= 0.6 is 0 Å². The lowest BCUT2D eigenvalue weighted by molar-refractivity contribution is -0.138. The number of sulfone groups is 1. The summed E-state index contributed by atoms with van der Waals surface area (Å²) in [5.41, 5.74) is -0.603. The summed E-state index contributed by atoms with van der Waals surface area (Å²) in [6.07, 6.45) is -3.00. The summed E-state index contributed by atoms with van der Waals surface area (Å²) in [5.74, 6) is -0.116. The maximum Gasteiger partial charge on any atom is 0.416 e. The van der Waals surface area contributed by atoms with Crippen molar-refractivity contribution in [1.82, 2.24) is 4.90 Å². The Morgan fingerprint density at radius 3 is 2.59 bits per heavy atom. The number of carbonyl (C=O) groups is 1. The number of nitrogens with zero attached hydrogens (tertiary/aromatic N) is 1. The summed E-state index contributed by atoms with van der Waals surface area (Å²) in [7, 11) is -3.23. The van der Waals surface area contributed by atoms with Gasteiger partial charge in [0.1, 0.15) is 5.76 Å². The first kappa shape index (κ1) is 19.5. The molecule has 2 heterocycles. The monoisotopic (exact) mass is 401 g/mol. The molecule has 1 aromatic carbocycles. The summed E-state index contributed by atoms with van der Waals surface area (Å²) in [6, 6.07) is 7.38. The molecule has 1 aromatic heterocycles. The average molecular weight is 401 g/mol. The molecule has 0 saturated carbocycles. The van der Waals surface area contributed by atoms with E-state index in [4.69, 9.17) is 4.42 Å². The van der Waals surface area contributed by atoms with E-state index in [0.717, 1.165) is 12.1 Å². The van der Waals surface area contributed by atoms with Crippen LogP contribution in [0.25, 0.3) is 0 Å². The fraction of sp³-hybridized carbons (Fsp3) is 0.389. The topological polar surface area (TPSA) is 67.6 Å². The minimum atomic E-state index is -4.49. The molecule has 27 heavy (non-hydrogen) atoms. The second-order valence-electron chi connectivity index (χ2n) is 6.53. The predicted molar refractivity (Wildman–Crippen MR) is 91.5 cm³/mol. The lowest BCUT2D eigenvalue weighted by Gasteiger charge is -2.27. The molecule has 146 valence electrons. The molecule has 1 aliphatic heterocycles. The fourth-order valence-corrected chi connectivity index (χ4v) is 4.88. The number of hydrogen-bond acceptors (Lipinski definition) is 4. The van der Waals surface area contributed by atoms with Crippen molar-refractivity contribution < 1.29 is 30.8 Å². The number of carbonyl (C=O) groups excluding carboxylic acids is 1. The van der Waals surface area contributed by atoms with Crippen LogP contribution in [0, 0.1) is 0 Å². The first-order chi connectivity index (χ1) is 12.6. The first-order valence-corrected chi connectivity index (χ1v) is 10.1. The van der Waals surface area contributed by atoms with Gasteiger partial charge in [0.25, 0.3) is 0 Å². The molecule has 0 spiro atoms. The van der Waals surface area contributed by atoms with E-state index >= 15 is 0 Å². The molecule has 5 nitrogen and oxygen atoms in total. The van der Waals surface area contributed by atoms with Crippen molar-refractivity contribution in [2.45, 2.75) is 31.6 Å². The number of halogens is 3. The minimum Gasteiger partial charge on any atom is -0.467 e. The molecule has 1 fully saturated rings. The first-order valence-electron chi connectivity index (χ1n) is 8.32. The molecule has 2 aromatic rings. The number of furan rings is 1. The van der Waals surface area contributed by atoms with Gasteiger partial charge in [-0.15, -0.1) is 0 Å². The van der Waals surface area contributed by atoms with Gasteiger partial charge in [0.2, 0.25) is 5.91 Å². The van der Waals surface area contributed by atoms with Crippen molar-refractivity contribution in [1.29, 1.82) is 0 Å². The van der Waals surface area contributed by atoms with Gasteiger partial charge in [0.05, 0.1) is 36.3 Å². The highest BCUT2D eigenvalue weighted by Gasteiger charge is 2.35. The highest BCUT2D eigenvalue weighted by atomic mass is 32.2. The van der Waals surface area contributed by atoms with E-state index in [1.807, 2.05) is 0 Å². The maximum absolute atomic E-state index is 12.9. The summed E-state index contributed by atoms with van der Waals surface area (Å²) in [6.45, 7) is 0.0744. The van der Waals surface area contributed by atoms with E-state index in [1.165, 1.54) is 23.3 Å². The second kappa shape index (κ2) is 7.38. The normalized spacial score (nSPS) is 19.1. The van der Waals surface area contributed by atoms with E-state index < -0.39 is 33.5 Å². The summed E-state index contributed by atoms with van der Waals surface area (Å²) < 4.78 is 67.5. The Morgan fingerprint density at radius 1 is 1.22 bits per heavy atom. The molecule has 9 heteroatoms. The largest absolute Gasteiger partial charge is 0.467 e. The van der Waals surface area contributed by atoms with Crippen LogP contribution in [0.2, 0.25) is 0 Å². The van der Waals surface area contributed by atoms with Crippen LogP contribution in [-0.4, -0.2) is 36.8 Å². The van der Waals surface area contributed by atoms with Crippen LogP contribution in [0.5, 0.6) is 0 Å². The molecule has 3 rings (SSSR count). The number of rotatable bonds is 5. The summed E-state index contributed by atoms with van der Waals surface area (Å²) in [4.78, 5) is 14.2. The standard InChI is InChI=1S/C18H18F3NO4S/c19-18(20,21)14-4-1-3-13(9-14)10-17(23)22(11-16-5-2-7-26-16)15-6-8-27(24,25)12-15/h1-5,7,9,15H,6,8,10-12H2/t15-/m0/s1. The lowest BCUT2D eigenvalue weighted by atomic mass is 10.1. The zero-order chi connectivity index (χ0) is 19.7. The number of alkyl halides is 3. The van der Waals surface area contributed by atoms with Crippen LogP contribution in [0.4, 0.5) is 13.2 Å². The van der Waals surface area contributed by atoms with Gasteiger partial charge in [-0.3, -0.25) is 4.79 Å². The highest BCUT2D eigenvalue weighted by Crippen LogP contribution is 2.30. The van der Waals surface area contributed by atoms with E-state index in [1.54, 1.807) is 12.1 Å². The Bertz CT molecular complexity index is 907. The smallest absolute Gasteiger partial charge is 0.416 e. The van der Waals surface area contributed by atoms with E-state index in [9.17, 15) is 26.4 Å². The zero-order valence-electron chi connectivity index (χ0n) is 14.3. The molecular formula is C18H18F3NO4S. The Kier molecular flexibility index (Phi) is 5.32. The predicted octanol–water partition coefficient (Wildman–Crippen LogP) is 3.06. The molecule has 1 saturated heterocycles. The quantitative estimate of drug-likeness (QED) is 0.772. The van der Waals surface area contributed by atoms with Gasteiger partial charge < -0.3 is 9.32 Å². The summed E-state index contributed by atoms with van der Waals surface area (Å²) in [5, 5.41) is 0. The van der Waals surface area contributed by atoms with Crippen molar-refractivity contribution in [3.8, 4) is 0 Å². The van der Waals surface area contributed by atoms with Crippen LogP contribution in [0.3, 0.4) is 0 Å². The maximum atomic E-state index is 12.9. The van der Waals surface area contributed by atoms with E-state index in [2.05, 4.69) is 0 Å². The Hall–Kier alpha value is -2.29. The fourth-order valence-electron chi connectivity index (χ4n) is 3.15. The third kappa shape index (κ3) is 4.91. The van der Waals surface area contributed by atoms with Crippen molar-refractivity contribution in [3.63, 3.8) is 0 Å². The molecule has 0 unspecified atom stereocenters. The van der Waals surface area contributed by atoms with Crippen molar-refractivity contribution in [3.05, 3.63) is 59.5 Å². The Labute approximate surface area is 154 Å². The molecule has 1 aliphatic rings. The number of hydrogen-bond donors (Lipinski definition) is 0. The Balaban J connectivity index is 1.80. The molecule has 0 aliphatic carbocycles. The van der Waals surface area contributed by atoms with Crippen molar-refractivity contribution in [2.75, 3.05) is 11.5 Å². The van der Waals surface area contributed by atoms with Crippen molar-refractivity contribution >= 4 is 15.7 Å². The molecular weight excluding hydrogens is 383 g/mol. The van der Waals surface area contributed by atoms with E-state index in [0.29, 0.717) is 12.2 Å². The third-order valence-corrected chi connectivity index (χ3v) is 6.24. The van der Waals surface area contributed by atoms with Gasteiger partial charge in [-0.05, 0) is 30.2 Å². The van der Waals surface area contributed by atoms with Gasteiger partial charge in [-0.25, -0.2) is 8.42 Å². The number of amides is 1. The average Bonchev–Trinajstić information content (AvgIpc) is 3.21. The molecule has 0 bridgehead atoms. The van der Waals surface area contributed by atoms with Gasteiger partial charge in [-0.1, -0.05) is 18.2 Å². The zero-order valence-corrected chi connectivity index (χ0v) is 15.1. The van der Waals surface area contributed by atoms with Crippen molar-refractivity contribution in [2.24, 2.45) is 0 Å². The molecule has 0 N–H and O–H groups in total. The molecule has 1 atom stereocenters. The van der Waals surface area contributed by atoms with Crippen LogP contribution < -0.4 is 0 Å². The van der Waals surface area contributed by atoms with Gasteiger partial charge in [0.15, 0.2) is 9.84 Å². The summed E-state index contributed by atoms with van der Waals surface area (Å²) >= 11 is 0. The van der Waals surface area contributed by atoms with E-state index in [-0.39, 0.29) is 30.0 Å². The minimum absolute atomic E-state index is 0.0108. The van der Waals surface area contributed by atoms with Crippen LogP contribution in [-0.2, 0) is 33.8 Å². The highest BCUT2D eigenvalue weighted by molar-refractivity contribution is 7.91.